The van der Waals surface area contributed by atoms with E-state index in [4.69, 9.17) is 4.74 Å². The van der Waals surface area contributed by atoms with E-state index in [2.05, 4.69) is 5.32 Å². The number of fused-ring (bicyclic) bond motifs is 1. The van der Waals surface area contributed by atoms with Gasteiger partial charge < -0.3 is 19.9 Å². The average Bonchev–Trinajstić information content (AvgIpc) is 3.17. The Labute approximate surface area is 152 Å². The van der Waals surface area contributed by atoms with Crippen molar-refractivity contribution in [2.45, 2.75) is 44.4 Å². The lowest BCUT2D eigenvalue weighted by Gasteiger charge is -2.39. The molecule has 7 heteroatoms. The molecule has 2 fully saturated rings. The zero-order valence-corrected chi connectivity index (χ0v) is 14.9. The highest BCUT2D eigenvalue weighted by Crippen LogP contribution is 2.31. The first-order chi connectivity index (χ1) is 12.5. The first-order valence-electron chi connectivity index (χ1n) is 9.17. The van der Waals surface area contributed by atoms with Gasteiger partial charge in [0, 0.05) is 38.0 Å². The highest BCUT2D eigenvalue weighted by molar-refractivity contribution is 6.01. The van der Waals surface area contributed by atoms with Crippen molar-refractivity contribution in [3.63, 3.8) is 0 Å². The SMILES string of the molecule is CCC(C(=O)N1CCC2(CC1)CNC(=O)O2)N1Cc2ccccc2C1=O. The predicted octanol–water partition coefficient (Wildman–Crippen LogP) is 1.52. The van der Waals surface area contributed by atoms with Crippen LogP contribution in [0.15, 0.2) is 24.3 Å². The summed E-state index contributed by atoms with van der Waals surface area (Å²) in [4.78, 5) is 40.6. The highest BCUT2D eigenvalue weighted by Gasteiger charge is 2.45. The van der Waals surface area contributed by atoms with Gasteiger partial charge in [0.2, 0.25) is 5.91 Å². The van der Waals surface area contributed by atoms with Crippen LogP contribution in [-0.2, 0) is 16.1 Å². The van der Waals surface area contributed by atoms with Crippen LogP contribution in [0.25, 0.3) is 0 Å². The lowest BCUT2D eigenvalue weighted by Crippen LogP contribution is -2.54. The van der Waals surface area contributed by atoms with E-state index in [0.717, 1.165) is 5.56 Å². The number of amides is 3. The second kappa shape index (κ2) is 6.30. The molecule has 0 aliphatic carbocycles. The number of piperidine rings is 1. The molecule has 1 aromatic carbocycles. The number of hydrogen-bond donors (Lipinski definition) is 1. The first kappa shape index (κ1) is 16.9. The molecule has 3 amide bonds. The zero-order valence-electron chi connectivity index (χ0n) is 14.9. The molecular formula is C19H23N3O4. The molecule has 3 aliphatic heterocycles. The van der Waals surface area contributed by atoms with Crippen LogP contribution in [0.3, 0.4) is 0 Å². The molecule has 0 bridgehead atoms. The largest absolute Gasteiger partial charge is 0.441 e. The highest BCUT2D eigenvalue weighted by atomic mass is 16.6. The molecular weight excluding hydrogens is 334 g/mol. The summed E-state index contributed by atoms with van der Waals surface area (Å²) in [5.74, 6) is -0.0796. The van der Waals surface area contributed by atoms with Crippen LogP contribution in [0, 0.1) is 0 Å². The normalized spacial score (nSPS) is 22.2. The van der Waals surface area contributed by atoms with Gasteiger partial charge in [-0.25, -0.2) is 4.79 Å². The summed E-state index contributed by atoms with van der Waals surface area (Å²) in [5.41, 5.74) is 1.19. The van der Waals surface area contributed by atoms with Crippen molar-refractivity contribution >= 4 is 17.9 Å². The van der Waals surface area contributed by atoms with Gasteiger partial charge in [0.1, 0.15) is 11.6 Å². The molecule has 3 aliphatic rings. The number of likely N-dealkylation sites (tertiary alicyclic amines) is 1. The number of nitrogens with one attached hydrogen (secondary N) is 1. The lowest BCUT2D eigenvalue weighted by molar-refractivity contribution is -0.139. The van der Waals surface area contributed by atoms with Crippen molar-refractivity contribution in [2.75, 3.05) is 19.6 Å². The Morgan fingerprint density at radius 3 is 2.62 bits per heavy atom. The van der Waals surface area contributed by atoms with Crippen LogP contribution >= 0.6 is 0 Å². The third kappa shape index (κ3) is 2.71. The molecule has 26 heavy (non-hydrogen) atoms. The Balaban J connectivity index is 1.44. The Morgan fingerprint density at radius 1 is 1.27 bits per heavy atom. The molecule has 0 radical (unpaired) electrons. The minimum Gasteiger partial charge on any atom is -0.441 e. The van der Waals surface area contributed by atoms with Crippen molar-refractivity contribution in [2.24, 2.45) is 0 Å². The van der Waals surface area contributed by atoms with Crippen molar-refractivity contribution < 1.29 is 19.1 Å². The molecule has 7 nitrogen and oxygen atoms in total. The molecule has 1 unspecified atom stereocenters. The Bertz CT molecular complexity index is 755. The topological polar surface area (TPSA) is 79.0 Å². The molecule has 1 aromatic rings. The van der Waals surface area contributed by atoms with Crippen molar-refractivity contribution in [3.05, 3.63) is 35.4 Å². The van der Waals surface area contributed by atoms with Crippen LogP contribution in [-0.4, -0.2) is 59.0 Å². The number of ether oxygens (including phenoxy) is 1. The summed E-state index contributed by atoms with van der Waals surface area (Å²) >= 11 is 0. The van der Waals surface area contributed by atoms with E-state index >= 15 is 0 Å². The third-order valence-electron chi connectivity index (χ3n) is 5.75. The maximum Gasteiger partial charge on any atom is 0.407 e. The molecule has 1 atom stereocenters. The van der Waals surface area contributed by atoms with Gasteiger partial charge in [-0.05, 0) is 18.1 Å². The van der Waals surface area contributed by atoms with Gasteiger partial charge in [-0.1, -0.05) is 25.1 Å². The summed E-state index contributed by atoms with van der Waals surface area (Å²) in [7, 11) is 0. The molecule has 1 N–H and O–H groups in total. The van der Waals surface area contributed by atoms with Gasteiger partial charge in [-0.3, -0.25) is 9.59 Å². The second-order valence-electron chi connectivity index (χ2n) is 7.27. The standard InChI is InChI=1S/C19H23N3O4/c1-2-15(22-11-13-5-3-4-6-14(13)16(22)23)17(24)21-9-7-19(8-10-21)12-20-18(25)26-19/h3-6,15H,2,7-12H2,1H3,(H,20,25). The van der Waals surface area contributed by atoms with Gasteiger partial charge in [0.05, 0.1) is 6.54 Å². The van der Waals surface area contributed by atoms with Gasteiger partial charge in [0.15, 0.2) is 0 Å². The average molecular weight is 357 g/mol. The predicted molar refractivity (Wildman–Crippen MR) is 93.4 cm³/mol. The number of carbonyl (C=O) groups excluding carboxylic acids is 3. The van der Waals surface area contributed by atoms with Crippen LogP contribution in [0.5, 0.6) is 0 Å². The summed E-state index contributed by atoms with van der Waals surface area (Å²) in [6, 6.07) is 7.08. The maximum absolute atomic E-state index is 13.1. The molecule has 0 aromatic heterocycles. The first-order valence-corrected chi connectivity index (χ1v) is 9.17. The molecule has 3 heterocycles. The van der Waals surface area contributed by atoms with Gasteiger partial charge in [-0.15, -0.1) is 0 Å². The fraction of sp³-hybridized carbons (Fsp3) is 0.526. The minimum atomic E-state index is -0.477. The Kier molecular flexibility index (Phi) is 4.09. The fourth-order valence-corrected chi connectivity index (χ4v) is 4.18. The zero-order chi connectivity index (χ0) is 18.3. The van der Waals surface area contributed by atoms with Crippen LogP contribution in [0.1, 0.15) is 42.1 Å². The Hall–Kier alpha value is -2.57. The van der Waals surface area contributed by atoms with E-state index in [1.54, 1.807) is 4.90 Å². The molecule has 2 saturated heterocycles. The van der Waals surface area contributed by atoms with E-state index in [1.165, 1.54) is 0 Å². The van der Waals surface area contributed by atoms with E-state index in [0.29, 0.717) is 51.0 Å². The number of benzene rings is 1. The van der Waals surface area contributed by atoms with E-state index in [9.17, 15) is 14.4 Å². The monoisotopic (exact) mass is 357 g/mol. The van der Waals surface area contributed by atoms with Gasteiger partial charge in [-0.2, -0.15) is 0 Å². The van der Waals surface area contributed by atoms with E-state index in [1.807, 2.05) is 36.1 Å². The molecule has 0 saturated carbocycles. The summed E-state index contributed by atoms with van der Waals surface area (Å²) in [6.45, 7) is 4.01. The van der Waals surface area contributed by atoms with E-state index < -0.39 is 11.6 Å². The van der Waals surface area contributed by atoms with E-state index in [-0.39, 0.29) is 17.9 Å². The van der Waals surface area contributed by atoms with Crippen molar-refractivity contribution in [3.8, 4) is 0 Å². The quantitative estimate of drug-likeness (QED) is 0.890. The maximum atomic E-state index is 13.1. The summed E-state index contributed by atoms with van der Waals surface area (Å²) in [5, 5.41) is 2.70. The summed E-state index contributed by atoms with van der Waals surface area (Å²) in [6.07, 6.45) is 1.46. The fourth-order valence-electron chi connectivity index (χ4n) is 4.18. The third-order valence-corrected chi connectivity index (χ3v) is 5.75. The minimum absolute atomic E-state index is 0.0132. The van der Waals surface area contributed by atoms with Crippen molar-refractivity contribution in [1.82, 2.24) is 15.1 Å². The molecule has 138 valence electrons. The Morgan fingerprint density at radius 2 is 2.00 bits per heavy atom. The number of carbonyl (C=O) groups is 3. The van der Waals surface area contributed by atoms with Gasteiger partial charge >= 0.3 is 6.09 Å². The van der Waals surface area contributed by atoms with Crippen LogP contribution < -0.4 is 5.32 Å². The second-order valence-corrected chi connectivity index (χ2v) is 7.27. The van der Waals surface area contributed by atoms with Crippen LogP contribution in [0.4, 0.5) is 4.79 Å². The smallest absolute Gasteiger partial charge is 0.407 e. The molecule has 4 rings (SSSR count). The number of hydrogen-bond acceptors (Lipinski definition) is 4. The summed E-state index contributed by atoms with van der Waals surface area (Å²) < 4.78 is 5.41. The number of nitrogens with zero attached hydrogens (tertiary/aromatic N) is 2. The lowest BCUT2D eigenvalue weighted by atomic mass is 9.91. The van der Waals surface area contributed by atoms with Crippen LogP contribution in [0.2, 0.25) is 0 Å². The number of rotatable bonds is 3. The van der Waals surface area contributed by atoms with Crippen molar-refractivity contribution in [1.29, 1.82) is 0 Å². The molecule has 1 spiro atoms. The van der Waals surface area contributed by atoms with Gasteiger partial charge in [0.25, 0.3) is 5.91 Å². The number of alkyl carbamates (subject to hydrolysis) is 1.